The molecule has 0 aliphatic rings. The molecule has 0 atom stereocenters. The van der Waals surface area contributed by atoms with Gasteiger partial charge in [0.15, 0.2) is 0 Å². The van der Waals surface area contributed by atoms with Gasteiger partial charge in [0.25, 0.3) is 0 Å². The highest BCUT2D eigenvalue weighted by atomic mass is 35.5. The second kappa shape index (κ2) is 5.51. The number of carbonyl (C=O) groups is 1. The first-order valence-corrected chi connectivity index (χ1v) is 5.61. The lowest BCUT2D eigenvalue weighted by molar-refractivity contribution is -0.136. The first-order valence-electron chi connectivity index (χ1n) is 5.24. The number of nitrogens with zero attached hydrogens (tertiary/aromatic N) is 1. The lowest BCUT2D eigenvalue weighted by Gasteiger charge is -2.10. The number of benzene rings is 1. The van der Waals surface area contributed by atoms with Gasteiger partial charge in [-0.3, -0.25) is 9.78 Å². The molecule has 1 aromatic heterocycles. The summed E-state index contributed by atoms with van der Waals surface area (Å²) >= 11 is 5.93. The van der Waals surface area contributed by atoms with E-state index in [1.807, 2.05) is 0 Å². The van der Waals surface area contributed by atoms with Crippen molar-refractivity contribution in [2.24, 2.45) is 0 Å². The fraction of sp³-hybridized carbons (Fsp3) is 0.0769. The van der Waals surface area contributed by atoms with E-state index in [0.29, 0.717) is 22.1 Å². The second-order valence-corrected chi connectivity index (χ2v) is 3.99. The number of rotatable bonds is 4. The summed E-state index contributed by atoms with van der Waals surface area (Å²) in [4.78, 5) is 14.6. The zero-order valence-electron chi connectivity index (χ0n) is 9.34. The molecule has 2 aromatic rings. The Bertz CT molecular complexity index is 572. The minimum absolute atomic E-state index is 0.0983. The van der Waals surface area contributed by atoms with E-state index in [9.17, 15) is 4.79 Å². The van der Waals surface area contributed by atoms with Crippen molar-refractivity contribution in [1.82, 2.24) is 4.98 Å². The number of hydrogen-bond donors (Lipinski definition) is 1. The Morgan fingerprint density at radius 2 is 2.06 bits per heavy atom. The van der Waals surface area contributed by atoms with Gasteiger partial charge in [-0.25, -0.2) is 0 Å². The van der Waals surface area contributed by atoms with Crippen molar-refractivity contribution in [1.29, 1.82) is 0 Å². The lowest BCUT2D eigenvalue weighted by Crippen LogP contribution is -2.01. The Labute approximate surface area is 109 Å². The molecule has 18 heavy (non-hydrogen) atoms. The molecular weight excluding hydrogens is 254 g/mol. The number of ether oxygens (including phenoxy) is 1. The van der Waals surface area contributed by atoms with Gasteiger partial charge >= 0.3 is 5.97 Å². The van der Waals surface area contributed by atoms with Gasteiger partial charge in [0.2, 0.25) is 0 Å². The summed E-state index contributed by atoms with van der Waals surface area (Å²) in [7, 11) is 0. The average molecular weight is 264 g/mol. The Morgan fingerprint density at radius 1 is 1.28 bits per heavy atom. The first kappa shape index (κ1) is 12.4. The largest absolute Gasteiger partial charge is 0.481 e. The first-order chi connectivity index (χ1) is 8.66. The van der Waals surface area contributed by atoms with Crippen LogP contribution >= 0.6 is 11.6 Å². The molecule has 92 valence electrons. The number of aliphatic carboxylic acids is 1. The summed E-state index contributed by atoms with van der Waals surface area (Å²) in [5.74, 6) is 0.0179. The third-order valence-electron chi connectivity index (χ3n) is 2.27. The molecule has 0 aliphatic heterocycles. The van der Waals surface area contributed by atoms with Crippen molar-refractivity contribution in [2.45, 2.75) is 6.42 Å². The van der Waals surface area contributed by atoms with Crippen LogP contribution in [0.5, 0.6) is 11.5 Å². The molecule has 0 saturated heterocycles. The molecule has 0 bridgehead atoms. The predicted molar refractivity (Wildman–Crippen MR) is 67.1 cm³/mol. The number of aromatic nitrogens is 1. The lowest BCUT2D eigenvalue weighted by atomic mass is 10.1. The van der Waals surface area contributed by atoms with Crippen LogP contribution < -0.4 is 4.74 Å². The normalized spacial score (nSPS) is 10.1. The molecule has 1 aromatic carbocycles. The highest BCUT2D eigenvalue weighted by Crippen LogP contribution is 2.30. The highest BCUT2D eigenvalue weighted by Gasteiger charge is 2.09. The third kappa shape index (κ3) is 2.99. The summed E-state index contributed by atoms with van der Waals surface area (Å²) in [6, 6.07) is 8.57. The SMILES string of the molecule is O=C(O)Cc1ccccc1Oc1ccncc1Cl. The quantitative estimate of drug-likeness (QED) is 0.920. The molecule has 0 radical (unpaired) electrons. The smallest absolute Gasteiger partial charge is 0.307 e. The molecule has 2 rings (SSSR count). The minimum atomic E-state index is -0.910. The van der Waals surface area contributed by atoms with E-state index in [2.05, 4.69) is 4.98 Å². The fourth-order valence-corrected chi connectivity index (χ4v) is 1.63. The van der Waals surface area contributed by atoms with E-state index in [0.717, 1.165) is 0 Å². The van der Waals surface area contributed by atoms with E-state index < -0.39 is 5.97 Å². The maximum absolute atomic E-state index is 10.7. The van der Waals surface area contributed by atoms with E-state index in [1.165, 1.54) is 6.20 Å². The van der Waals surface area contributed by atoms with Gasteiger partial charge in [-0.15, -0.1) is 0 Å². The number of halogens is 1. The summed E-state index contributed by atoms with van der Waals surface area (Å²) in [5, 5.41) is 9.20. The molecule has 0 fully saturated rings. The number of hydrogen-bond acceptors (Lipinski definition) is 3. The Balaban J connectivity index is 2.29. The summed E-state index contributed by atoms with van der Waals surface area (Å²) < 4.78 is 5.61. The van der Waals surface area contributed by atoms with Crippen LogP contribution in [0.2, 0.25) is 5.02 Å². The molecule has 0 saturated carbocycles. The van der Waals surface area contributed by atoms with Gasteiger partial charge in [-0.2, -0.15) is 0 Å². The third-order valence-corrected chi connectivity index (χ3v) is 2.55. The van der Waals surface area contributed by atoms with Crippen molar-refractivity contribution in [2.75, 3.05) is 0 Å². The van der Waals surface area contributed by atoms with Crippen molar-refractivity contribution in [3.05, 3.63) is 53.3 Å². The summed E-state index contributed by atoms with van der Waals surface area (Å²) in [5.41, 5.74) is 0.595. The second-order valence-electron chi connectivity index (χ2n) is 3.59. The standard InChI is InChI=1S/C13H10ClNO3/c14-10-8-15-6-5-12(10)18-11-4-2-1-3-9(11)7-13(16)17/h1-6,8H,7H2,(H,16,17). The van der Waals surface area contributed by atoms with Gasteiger partial charge in [0.1, 0.15) is 16.5 Å². The Hall–Kier alpha value is -2.07. The molecule has 5 heteroatoms. The van der Waals surface area contributed by atoms with E-state index >= 15 is 0 Å². The van der Waals surface area contributed by atoms with E-state index in [1.54, 1.807) is 36.5 Å². The minimum Gasteiger partial charge on any atom is -0.481 e. The van der Waals surface area contributed by atoms with Crippen molar-refractivity contribution in [3.63, 3.8) is 0 Å². The molecule has 0 aliphatic carbocycles. The van der Waals surface area contributed by atoms with Crippen LogP contribution in [0.25, 0.3) is 0 Å². The molecule has 0 unspecified atom stereocenters. The molecule has 1 N–H and O–H groups in total. The predicted octanol–water partition coefficient (Wildman–Crippen LogP) is 3.15. The van der Waals surface area contributed by atoms with Crippen molar-refractivity contribution in [3.8, 4) is 11.5 Å². The zero-order valence-corrected chi connectivity index (χ0v) is 10.1. The molecule has 0 spiro atoms. The molecule has 0 amide bonds. The van der Waals surface area contributed by atoms with E-state index in [-0.39, 0.29) is 6.42 Å². The van der Waals surface area contributed by atoms with Crippen LogP contribution in [0.15, 0.2) is 42.7 Å². The van der Waals surface area contributed by atoms with Crippen molar-refractivity contribution < 1.29 is 14.6 Å². The van der Waals surface area contributed by atoms with Crippen LogP contribution in [0.4, 0.5) is 0 Å². The van der Waals surface area contributed by atoms with Gasteiger partial charge in [-0.1, -0.05) is 29.8 Å². The van der Waals surface area contributed by atoms with Crippen LogP contribution in [0.1, 0.15) is 5.56 Å². The van der Waals surface area contributed by atoms with Gasteiger partial charge in [-0.05, 0) is 6.07 Å². The fourth-order valence-electron chi connectivity index (χ4n) is 1.48. The number of pyridine rings is 1. The Kier molecular flexibility index (Phi) is 3.79. The Morgan fingerprint density at radius 3 is 2.78 bits per heavy atom. The average Bonchev–Trinajstić information content (AvgIpc) is 2.34. The maximum Gasteiger partial charge on any atom is 0.307 e. The van der Waals surface area contributed by atoms with Gasteiger partial charge in [0, 0.05) is 24.0 Å². The molecule has 1 heterocycles. The topological polar surface area (TPSA) is 59.4 Å². The highest BCUT2D eigenvalue weighted by molar-refractivity contribution is 6.31. The van der Waals surface area contributed by atoms with Crippen LogP contribution in [0.3, 0.4) is 0 Å². The van der Waals surface area contributed by atoms with E-state index in [4.69, 9.17) is 21.4 Å². The van der Waals surface area contributed by atoms with Crippen LogP contribution in [-0.2, 0) is 11.2 Å². The van der Waals surface area contributed by atoms with Crippen LogP contribution in [0, 0.1) is 0 Å². The molecular formula is C13H10ClNO3. The monoisotopic (exact) mass is 263 g/mol. The summed E-state index contributed by atoms with van der Waals surface area (Å²) in [6.45, 7) is 0. The van der Waals surface area contributed by atoms with Gasteiger partial charge < -0.3 is 9.84 Å². The van der Waals surface area contributed by atoms with Gasteiger partial charge in [0.05, 0.1) is 6.42 Å². The number of carboxylic acid groups (broad SMARTS) is 1. The zero-order chi connectivity index (χ0) is 13.0. The number of carboxylic acids is 1. The number of para-hydroxylation sites is 1. The molecule has 4 nitrogen and oxygen atoms in total. The maximum atomic E-state index is 10.7. The van der Waals surface area contributed by atoms with Crippen LogP contribution in [-0.4, -0.2) is 16.1 Å². The van der Waals surface area contributed by atoms with Crippen molar-refractivity contribution >= 4 is 17.6 Å². The summed E-state index contributed by atoms with van der Waals surface area (Å²) in [6.07, 6.45) is 2.93.